The van der Waals surface area contributed by atoms with Gasteiger partial charge in [-0.1, -0.05) is 6.07 Å². The van der Waals surface area contributed by atoms with E-state index in [0.717, 1.165) is 22.8 Å². The van der Waals surface area contributed by atoms with E-state index in [4.69, 9.17) is 10.2 Å². The minimum Gasteiger partial charge on any atom is -0.477 e. The number of nitrogens with zero attached hydrogens (tertiary/aromatic N) is 2. The van der Waals surface area contributed by atoms with E-state index in [2.05, 4.69) is 0 Å². The quantitative estimate of drug-likeness (QED) is 0.637. The second kappa shape index (κ2) is 5.48. The fourth-order valence-electron chi connectivity index (χ4n) is 1.91. The van der Waals surface area contributed by atoms with Crippen molar-refractivity contribution in [3.05, 3.63) is 68.1 Å². The molecule has 0 unspecified atom stereocenters. The predicted molar refractivity (Wildman–Crippen MR) is 72.6 cm³/mol. The lowest BCUT2D eigenvalue weighted by atomic mass is 10.2. The lowest BCUT2D eigenvalue weighted by Crippen LogP contribution is -2.22. The molecule has 2 aromatic rings. The van der Waals surface area contributed by atoms with Crippen molar-refractivity contribution in [1.82, 2.24) is 4.57 Å². The van der Waals surface area contributed by atoms with Gasteiger partial charge in [0.1, 0.15) is 11.4 Å². The zero-order valence-electron chi connectivity index (χ0n) is 10.8. The average Bonchev–Trinajstić information content (AvgIpc) is 2.46. The Balaban J connectivity index is 2.86. The Kier molecular flexibility index (Phi) is 3.71. The van der Waals surface area contributed by atoms with Crippen LogP contribution in [0.4, 0.5) is 5.69 Å². The van der Waals surface area contributed by atoms with Crippen LogP contribution in [0.25, 0.3) is 5.69 Å². The van der Waals surface area contributed by atoms with Gasteiger partial charge in [0.05, 0.1) is 10.6 Å². The number of nitro benzene ring substituents is 1. The van der Waals surface area contributed by atoms with Crippen molar-refractivity contribution in [2.24, 2.45) is 0 Å². The molecule has 1 aromatic heterocycles. The van der Waals surface area contributed by atoms with Crippen LogP contribution in [0.2, 0.25) is 0 Å². The van der Waals surface area contributed by atoms with Crippen LogP contribution in [-0.4, -0.2) is 31.6 Å². The Hall–Kier alpha value is -3.49. The van der Waals surface area contributed by atoms with E-state index in [0.29, 0.717) is 0 Å². The van der Waals surface area contributed by atoms with Crippen molar-refractivity contribution < 1.29 is 24.7 Å². The largest absolute Gasteiger partial charge is 0.477 e. The Morgan fingerprint density at radius 1 is 1.05 bits per heavy atom. The second-order valence-corrected chi connectivity index (χ2v) is 4.18. The predicted octanol–water partition coefficient (Wildman–Crippen LogP) is 1.14. The third-order valence-corrected chi connectivity index (χ3v) is 2.78. The summed E-state index contributed by atoms with van der Waals surface area (Å²) in [5.74, 6) is -3.07. The van der Waals surface area contributed by atoms with Gasteiger partial charge >= 0.3 is 11.9 Å². The monoisotopic (exact) mass is 304 g/mol. The first-order chi connectivity index (χ1) is 10.3. The average molecular weight is 304 g/mol. The summed E-state index contributed by atoms with van der Waals surface area (Å²) in [6.07, 6.45) is 0. The van der Waals surface area contributed by atoms with Gasteiger partial charge in [0.25, 0.3) is 5.69 Å². The molecule has 0 amide bonds. The van der Waals surface area contributed by atoms with Crippen molar-refractivity contribution in [1.29, 1.82) is 0 Å². The number of aromatic nitrogens is 1. The van der Waals surface area contributed by atoms with E-state index < -0.39 is 33.7 Å². The lowest BCUT2D eigenvalue weighted by Gasteiger charge is -2.13. The fourth-order valence-corrected chi connectivity index (χ4v) is 1.91. The fraction of sp³-hybridized carbons (Fsp3) is 0. The van der Waals surface area contributed by atoms with E-state index in [1.165, 1.54) is 18.2 Å². The van der Waals surface area contributed by atoms with Crippen LogP contribution >= 0.6 is 0 Å². The first-order valence-electron chi connectivity index (χ1n) is 5.80. The number of carbonyl (C=O) groups is 2. The summed E-state index contributed by atoms with van der Waals surface area (Å²) in [7, 11) is 0. The number of nitro groups is 1. The summed E-state index contributed by atoms with van der Waals surface area (Å²) < 4.78 is 0.763. The van der Waals surface area contributed by atoms with Crippen molar-refractivity contribution in [2.75, 3.05) is 0 Å². The van der Waals surface area contributed by atoms with Crippen LogP contribution in [-0.2, 0) is 0 Å². The van der Waals surface area contributed by atoms with Crippen LogP contribution in [0.5, 0.6) is 0 Å². The normalized spacial score (nSPS) is 10.2. The van der Waals surface area contributed by atoms with Crippen molar-refractivity contribution in [3.63, 3.8) is 0 Å². The molecule has 1 heterocycles. The molecule has 0 saturated heterocycles. The molecule has 0 fully saturated rings. The molecule has 0 aliphatic carbocycles. The van der Waals surface area contributed by atoms with Gasteiger partial charge in [0, 0.05) is 24.3 Å². The van der Waals surface area contributed by atoms with Gasteiger partial charge in [-0.25, -0.2) is 9.59 Å². The van der Waals surface area contributed by atoms with Gasteiger partial charge in [0.15, 0.2) is 5.43 Å². The van der Waals surface area contributed by atoms with Gasteiger partial charge in [-0.3, -0.25) is 19.5 Å². The molecule has 22 heavy (non-hydrogen) atoms. The Bertz CT molecular complexity index is 815. The number of rotatable bonds is 4. The van der Waals surface area contributed by atoms with Crippen molar-refractivity contribution in [2.45, 2.75) is 0 Å². The van der Waals surface area contributed by atoms with E-state index >= 15 is 0 Å². The maximum atomic E-state index is 11.4. The minimum atomic E-state index is -1.54. The van der Waals surface area contributed by atoms with Crippen LogP contribution in [0.3, 0.4) is 0 Å². The molecule has 0 atom stereocenters. The number of non-ortho nitro benzene ring substituents is 1. The Labute approximate surface area is 121 Å². The summed E-state index contributed by atoms with van der Waals surface area (Å²) in [6.45, 7) is 0. The SMILES string of the molecule is O=C(O)c1cc(=O)cc(C(=O)O)n1-c1cccc([N+](=O)[O-])c1. The van der Waals surface area contributed by atoms with E-state index in [1.54, 1.807) is 0 Å². The van der Waals surface area contributed by atoms with Crippen LogP contribution in [0.1, 0.15) is 21.0 Å². The Morgan fingerprint density at radius 3 is 2.05 bits per heavy atom. The van der Waals surface area contributed by atoms with E-state index in [1.807, 2.05) is 0 Å². The molecular formula is C13H8N2O7. The molecule has 9 heteroatoms. The molecule has 0 spiro atoms. The highest BCUT2D eigenvalue weighted by atomic mass is 16.6. The zero-order valence-corrected chi connectivity index (χ0v) is 10.8. The number of benzene rings is 1. The number of carboxylic acids is 2. The summed E-state index contributed by atoms with van der Waals surface area (Å²) in [6, 6.07) is 6.26. The number of aromatic carboxylic acids is 2. The molecule has 2 N–H and O–H groups in total. The minimum absolute atomic E-state index is 0.0519. The van der Waals surface area contributed by atoms with E-state index in [9.17, 15) is 24.5 Å². The first kappa shape index (κ1) is 14.9. The first-order valence-corrected chi connectivity index (χ1v) is 5.80. The highest BCUT2D eigenvalue weighted by Gasteiger charge is 2.20. The molecule has 2 rings (SSSR count). The Morgan fingerprint density at radius 2 is 1.59 bits per heavy atom. The molecular weight excluding hydrogens is 296 g/mol. The topological polar surface area (TPSA) is 140 Å². The number of pyridine rings is 1. The molecule has 0 aliphatic rings. The lowest BCUT2D eigenvalue weighted by molar-refractivity contribution is -0.384. The number of carboxylic acid groups (broad SMARTS) is 2. The smallest absolute Gasteiger partial charge is 0.353 e. The molecule has 112 valence electrons. The summed E-state index contributed by atoms with van der Waals surface area (Å²) in [4.78, 5) is 44.0. The summed E-state index contributed by atoms with van der Waals surface area (Å²) in [5, 5.41) is 29.1. The van der Waals surface area contributed by atoms with Crippen molar-refractivity contribution in [3.8, 4) is 5.69 Å². The highest BCUT2D eigenvalue weighted by molar-refractivity contribution is 5.91. The molecule has 0 aliphatic heterocycles. The third kappa shape index (κ3) is 2.68. The number of hydrogen-bond acceptors (Lipinski definition) is 5. The second-order valence-electron chi connectivity index (χ2n) is 4.18. The van der Waals surface area contributed by atoms with Gasteiger partial charge in [0.2, 0.25) is 0 Å². The van der Waals surface area contributed by atoms with Crippen LogP contribution in [0, 0.1) is 10.1 Å². The summed E-state index contributed by atoms with van der Waals surface area (Å²) >= 11 is 0. The molecule has 0 bridgehead atoms. The van der Waals surface area contributed by atoms with Gasteiger partial charge < -0.3 is 10.2 Å². The maximum absolute atomic E-state index is 11.4. The molecule has 1 aromatic carbocycles. The summed E-state index contributed by atoms with van der Waals surface area (Å²) in [5.41, 5.74) is -2.40. The third-order valence-electron chi connectivity index (χ3n) is 2.78. The van der Waals surface area contributed by atoms with Gasteiger partial charge in [-0.05, 0) is 6.07 Å². The van der Waals surface area contributed by atoms with E-state index in [-0.39, 0.29) is 11.4 Å². The van der Waals surface area contributed by atoms with Gasteiger partial charge in [-0.15, -0.1) is 0 Å². The van der Waals surface area contributed by atoms with Gasteiger partial charge in [-0.2, -0.15) is 0 Å². The zero-order chi connectivity index (χ0) is 16.4. The van der Waals surface area contributed by atoms with Crippen LogP contribution < -0.4 is 5.43 Å². The van der Waals surface area contributed by atoms with Crippen LogP contribution in [0.15, 0.2) is 41.2 Å². The molecule has 0 radical (unpaired) electrons. The van der Waals surface area contributed by atoms with Crippen molar-refractivity contribution >= 4 is 17.6 Å². The highest BCUT2D eigenvalue weighted by Crippen LogP contribution is 2.20. The standard InChI is InChI=1S/C13H8N2O7/c16-9-5-10(12(17)18)14(11(6-9)13(19)20)7-2-1-3-8(4-7)15(21)22/h1-6H,(H,17,18)(H,19,20). The molecule has 0 saturated carbocycles. The number of hydrogen-bond donors (Lipinski definition) is 2. The molecule has 9 nitrogen and oxygen atoms in total. The maximum Gasteiger partial charge on any atom is 0.353 e.